The van der Waals surface area contributed by atoms with Crippen LogP contribution in [0.2, 0.25) is 0 Å². The van der Waals surface area contributed by atoms with Crippen LogP contribution in [0.1, 0.15) is 40.2 Å². The minimum absolute atomic E-state index is 0.0552. The van der Waals surface area contributed by atoms with Gasteiger partial charge in [0.2, 0.25) is 0 Å². The summed E-state index contributed by atoms with van der Waals surface area (Å²) in [4.78, 5) is 26.3. The number of aromatic nitrogens is 1. The van der Waals surface area contributed by atoms with Gasteiger partial charge in [0.1, 0.15) is 12.4 Å². The third-order valence-corrected chi connectivity index (χ3v) is 3.64. The van der Waals surface area contributed by atoms with Gasteiger partial charge in [-0.05, 0) is 42.0 Å². The molecule has 0 saturated heterocycles. The highest BCUT2D eigenvalue weighted by molar-refractivity contribution is 5.88. The molecule has 1 aliphatic rings. The second-order valence-corrected chi connectivity index (χ2v) is 5.45. The Morgan fingerprint density at radius 3 is 2.48 bits per heavy atom. The number of amides is 1. The molecular formula is C17H16N2O4. The summed E-state index contributed by atoms with van der Waals surface area (Å²) in [5.41, 5.74) is 2.30. The number of aromatic carboxylic acids is 1. The standard InChI is InChI=1S/C17H16N2O4/c20-16(21)14-7-8-15(18-9-14)19-17(22)23-10-11-1-3-12(4-2-11)13-5-6-13/h1-4,7-9,13H,5-6,10H2,(H,20,21)(H,18,19,22). The van der Waals surface area contributed by atoms with E-state index >= 15 is 0 Å². The van der Waals surface area contributed by atoms with Crippen molar-refractivity contribution in [3.63, 3.8) is 0 Å². The van der Waals surface area contributed by atoms with Crippen molar-refractivity contribution in [1.82, 2.24) is 4.98 Å². The van der Waals surface area contributed by atoms with Crippen molar-refractivity contribution < 1.29 is 19.4 Å². The van der Waals surface area contributed by atoms with E-state index in [9.17, 15) is 9.59 Å². The third kappa shape index (κ3) is 4.06. The van der Waals surface area contributed by atoms with Gasteiger partial charge in [-0.15, -0.1) is 0 Å². The molecule has 1 aromatic heterocycles. The Kier molecular flexibility index (Phi) is 4.23. The molecule has 2 aromatic rings. The molecule has 0 spiro atoms. The lowest BCUT2D eigenvalue weighted by atomic mass is 10.1. The summed E-state index contributed by atoms with van der Waals surface area (Å²) in [5, 5.41) is 11.2. The zero-order chi connectivity index (χ0) is 16.2. The molecule has 1 fully saturated rings. The number of ether oxygens (including phenoxy) is 1. The van der Waals surface area contributed by atoms with Crippen LogP contribution >= 0.6 is 0 Å². The first-order valence-corrected chi connectivity index (χ1v) is 7.34. The largest absolute Gasteiger partial charge is 0.478 e. The number of nitrogens with one attached hydrogen (secondary N) is 1. The molecule has 6 nitrogen and oxygen atoms in total. The Balaban J connectivity index is 1.49. The molecule has 118 valence electrons. The van der Waals surface area contributed by atoms with E-state index in [1.165, 1.54) is 36.7 Å². The monoisotopic (exact) mass is 312 g/mol. The van der Waals surface area contributed by atoms with E-state index in [0.717, 1.165) is 5.56 Å². The first kappa shape index (κ1) is 15.0. The predicted molar refractivity (Wildman–Crippen MR) is 83.4 cm³/mol. The van der Waals surface area contributed by atoms with Crippen molar-refractivity contribution in [2.45, 2.75) is 25.4 Å². The number of rotatable bonds is 5. The molecule has 6 heteroatoms. The number of carboxylic acids is 1. The van der Waals surface area contributed by atoms with Gasteiger partial charge in [-0.3, -0.25) is 5.32 Å². The van der Waals surface area contributed by atoms with Crippen LogP contribution in [0.3, 0.4) is 0 Å². The highest BCUT2D eigenvalue weighted by atomic mass is 16.5. The van der Waals surface area contributed by atoms with Crippen LogP contribution in [-0.4, -0.2) is 22.2 Å². The Hall–Kier alpha value is -2.89. The maximum absolute atomic E-state index is 11.7. The first-order valence-electron chi connectivity index (χ1n) is 7.34. The van der Waals surface area contributed by atoms with E-state index < -0.39 is 12.1 Å². The number of hydrogen-bond donors (Lipinski definition) is 2. The van der Waals surface area contributed by atoms with E-state index in [0.29, 0.717) is 5.92 Å². The van der Waals surface area contributed by atoms with Crippen molar-refractivity contribution in [3.8, 4) is 0 Å². The van der Waals surface area contributed by atoms with E-state index in [-0.39, 0.29) is 18.0 Å². The molecule has 3 rings (SSSR count). The van der Waals surface area contributed by atoms with Crippen molar-refractivity contribution in [3.05, 3.63) is 59.3 Å². The van der Waals surface area contributed by atoms with Crippen LogP contribution in [-0.2, 0) is 11.3 Å². The van der Waals surface area contributed by atoms with Crippen molar-refractivity contribution in [2.24, 2.45) is 0 Å². The van der Waals surface area contributed by atoms with Crippen LogP contribution in [0.5, 0.6) is 0 Å². The lowest BCUT2D eigenvalue weighted by molar-refractivity contribution is 0.0696. The van der Waals surface area contributed by atoms with Crippen LogP contribution in [0.4, 0.5) is 10.6 Å². The molecule has 1 aromatic carbocycles. The van der Waals surface area contributed by atoms with Gasteiger partial charge in [0.05, 0.1) is 5.56 Å². The summed E-state index contributed by atoms with van der Waals surface area (Å²) < 4.78 is 5.12. The predicted octanol–water partition coefficient (Wildman–Crippen LogP) is 3.41. The molecule has 0 unspecified atom stereocenters. The van der Waals surface area contributed by atoms with Crippen molar-refractivity contribution in [1.29, 1.82) is 0 Å². The van der Waals surface area contributed by atoms with Crippen LogP contribution in [0, 0.1) is 0 Å². The number of pyridine rings is 1. The molecule has 0 radical (unpaired) electrons. The maximum Gasteiger partial charge on any atom is 0.413 e. The summed E-state index contributed by atoms with van der Waals surface area (Å²) in [6, 6.07) is 10.8. The lowest BCUT2D eigenvalue weighted by Crippen LogP contribution is -2.14. The molecule has 1 saturated carbocycles. The lowest BCUT2D eigenvalue weighted by Gasteiger charge is -2.07. The topological polar surface area (TPSA) is 88.5 Å². The smallest absolute Gasteiger partial charge is 0.413 e. The van der Waals surface area contributed by atoms with Crippen LogP contribution < -0.4 is 5.32 Å². The number of nitrogens with zero attached hydrogens (tertiary/aromatic N) is 1. The fraction of sp³-hybridized carbons (Fsp3) is 0.235. The number of carboxylic acid groups (broad SMARTS) is 1. The Labute approximate surface area is 133 Å². The van der Waals surface area contributed by atoms with Crippen molar-refractivity contribution in [2.75, 3.05) is 5.32 Å². The van der Waals surface area contributed by atoms with E-state index in [1.807, 2.05) is 12.1 Å². The second-order valence-electron chi connectivity index (χ2n) is 5.45. The number of carbonyl (C=O) groups excluding carboxylic acids is 1. The van der Waals surface area contributed by atoms with E-state index in [2.05, 4.69) is 22.4 Å². The van der Waals surface area contributed by atoms with Crippen molar-refractivity contribution >= 4 is 17.9 Å². The summed E-state index contributed by atoms with van der Waals surface area (Å²) in [7, 11) is 0. The van der Waals surface area contributed by atoms with Crippen LogP contribution in [0.25, 0.3) is 0 Å². The number of carbonyl (C=O) groups is 2. The maximum atomic E-state index is 11.7. The molecule has 1 amide bonds. The van der Waals surface area contributed by atoms with Gasteiger partial charge in [0, 0.05) is 6.20 Å². The Morgan fingerprint density at radius 1 is 1.17 bits per heavy atom. The molecule has 0 atom stereocenters. The fourth-order valence-electron chi connectivity index (χ4n) is 2.19. The van der Waals surface area contributed by atoms with Gasteiger partial charge in [-0.25, -0.2) is 14.6 Å². The van der Waals surface area contributed by atoms with Gasteiger partial charge in [0.25, 0.3) is 0 Å². The average Bonchev–Trinajstić information content (AvgIpc) is 3.39. The molecule has 0 aliphatic heterocycles. The van der Waals surface area contributed by atoms with Gasteiger partial charge in [-0.1, -0.05) is 24.3 Å². The number of anilines is 1. The molecule has 1 heterocycles. The van der Waals surface area contributed by atoms with Gasteiger partial charge >= 0.3 is 12.1 Å². The zero-order valence-electron chi connectivity index (χ0n) is 12.4. The van der Waals surface area contributed by atoms with Gasteiger partial charge in [0.15, 0.2) is 0 Å². The molecule has 23 heavy (non-hydrogen) atoms. The summed E-state index contributed by atoms with van der Waals surface area (Å²) >= 11 is 0. The SMILES string of the molecule is O=C(Nc1ccc(C(=O)O)cn1)OCc1ccc(C2CC2)cc1. The number of benzene rings is 1. The minimum atomic E-state index is -1.07. The highest BCUT2D eigenvalue weighted by Crippen LogP contribution is 2.39. The molecular weight excluding hydrogens is 296 g/mol. The average molecular weight is 312 g/mol. The quantitative estimate of drug-likeness (QED) is 0.883. The van der Waals surface area contributed by atoms with Gasteiger partial charge in [-0.2, -0.15) is 0 Å². The summed E-state index contributed by atoms with van der Waals surface area (Å²) in [6.45, 7) is 0.171. The molecule has 2 N–H and O–H groups in total. The fourth-order valence-corrected chi connectivity index (χ4v) is 2.19. The summed E-state index contributed by atoms with van der Waals surface area (Å²) in [5.74, 6) is -0.126. The van der Waals surface area contributed by atoms with E-state index in [1.54, 1.807) is 0 Å². The van der Waals surface area contributed by atoms with E-state index in [4.69, 9.17) is 9.84 Å². The summed E-state index contributed by atoms with van der Waals surface area (Å²) in [6.07, 6.45) is 3.05. The Morgan fingerprint density at radius 2 is 1.91 bits per heavy atom. The highest BCUT2D eigenvalue weighted by Gasteiger charge is 2.22. The van der Waals surface area contributed by atoms with Crippen LogP contribution in [0.15, 0.2) is 42.6 Å². The second kappa shape index (κ2) is 6.48. The zero-order valence-corrected chi connectivity index (χ0v) is 12.4. The third-order valence-electron chi connectivity index (χ3n) is 3.64. The molecule has 0 bridgehead atoms. The normalized spacial score (nSPS) is 13.4. The minimum Gasteiger partial charge on any atom is -0.478 e. The number of hydrogen-bond acceptors (Lipinski definition) is 4. The van der Waals surface area contributed by atoms with Gasteiger partial charge < -0.3 is 9.84 Å². The molecule has 1 aliphatic carbocycles. The Bertz CT molecular complexity index is 706. The first-order chi connectivity index (χ1) is 11.1.